The molecule has 0 atom stereocenters. The standard InChI is InChI=1S/C43H29N3S/c1-43(2)32-17-9-6-14-29(32)39-40(26-12-4-3-5-13-26)44-42(45-41(39)43)27-20-22-28(23-21-27)46-33-18-10-7-15-30(33)37-34(46)24-25-36-38(37)31-16-8-11-19-35(31)47-36/h3-25H,1-2H3. The Kier molecular flexibility index (Phi) is 5.50. The molecule has 10 rings (SSSR count). The van der Waals surface area contributed by atoms with Gasteiger partial charge in [-0.2, -0.15) is 0 Å². The Bertz CT molecular complexity index is 2700. The van der Waals surface area contributed by atoms with Gasteiger partial charge in [0.15, 0.2) is 5.82 Å². The first-order chi connectivity index (χ1) is 23.1. The molecule has 6 aromatic carbocycles. The van der Waals surface area contributed by atoms with Gasteiger partial charge >= 0.3 is 0 Å². The minimum absolute atomic E-state index is 0.229. The van der Waals surface area contributed by atoms with Crippen LogP contribution in [0.25, 0.3) is 81.4 Å². The van der Waals surface area contributed by atoms with Gasteiger partial charge in [0.1, 0.15) is 0 Å². The fourth-order valence-corrected chi connectivity index (χ4v) is 8.90. The summed E-state index contributed by atoms with van der Waals surface area (Å²) >= 11 is 1.87. The minimum Gasteiger partial charge on any atom is -0.309 e. The number of benzene rings is 6. The van der Waals surface area contributed by atoms with E-state index in [0.717, 1.165) is 39.6 Å². The maximum Gasteiger partial charge on any atom is 0.160 e. The Morgan fingerprint density at radius 1 is 0.553 bits per heavy atom. The van der Waals surface area contributed by atoms with Crippen LogP contribution in [0.5, 0.6) is 0 Å². The molecule has 0 saturated carbocycles. The van der Waals surface area contributed by atoms with Gasteiger partial charge in [0.2, 0.25) is 0 Å². The van der Waals surface area contributed by atoms with Crippen molar-refractivity contribution in [3.8, 4) is 39.5 Å². The maximum absolute atomic E-state index is 5.31. The van der Waals surface area contributed by atoms with Gasteiger partial charge in [-0.25, -0.2) is 9.97 Å². The van der Waals surface area contributed by atoms with Gasteiger partial charge in [0.25, 0.3) is 0 Å². The Labute approximate surface area is 276 Å². The summed E-state index contributed by atoms with van der Waals surface area (Å²) in [4.78, 5) is 10.6. The number of hydrogen-bond acceptors (Lipinski definition) is 3. The highest BCUT2D eigenvalue weighted by Gasteiger charge is 2.39. The van der Waals surface area contributed by atoms with Gasteiger partial charge in [-0.3, -0.25) is 0 Å². The topological polar surface area (TPSA) is 30.7 Å². The molecule has 9 aromatic rings. The summed E-state index contributed by atoms with van der Waals surface area (Å²) in [6.45, 7) is 4.56. The van der Waals surface area contributed by atoms with E-state index in [1.807, 2.05) is 11.3 Å². The first-order valence-corrected chi connectivity index (χ1v) is 16.9. The number of hydrogen-bond donors (Lipinski definition) is 0. The van der Waals surface area contributed by atoms with Crippen molar-refractivity contribution >= 4 is 53.3 Å². The SMILES string of the molecule is CC1(C)c2ccccc2-c2c(-c3ccccc3)nc(-c3ccc(-n4c5ccccc5c5c6c(ccc54)sc4ccccc46)cc3)nc21. The average molecular weight is 620 g/mol. The van der Waals surface area contributed by atoms with E-state index in [0.29, 0.717) is 0 Å². The normalized spacial score (nSPS) is 13.5. The zero-order chi connectivity index (χ0) is 31.3. The van der Waals surface area contributed by atoms with Crippen LogP contribution < -0.4 is 0 Å². The first-order valence-electron chi connectivity index (χ1n) is 16.1. The number of nitrogens with zero attached hydrogens (tertiary/aromatic N) is 3. The molecule has 0 aliphatic heterocycles. The van der Waals surface area contributed by atoms with Crippen LogP contribution in [0.3, 0.4) is 0 Å². The van der Waals surface area contributed by atoms with Crippen molar-refractivity contribution in [2.45, 2.75) is 19.3 Å². The third-order valence-electron chi connectivity index (χ3n) is 9.98. The van der Waals surface area contributed by atoms with Crippen molar-refractivity contribution in [1.82, 2.24) is 14.5 Å². The molecule has 0 spiro atoms. The Morgan fingerprint density at radius 2 is 1.28 bits per heavy atom. The van der Waals surface area contributed by atoms with Crippen molar-refractivity contribution in [2.24, 2.45) is 0 Å². The summed E-state index contributed by atoms with van der Waals surface area (Å²) in [5.74, 6) is 0.753. The monoisotopic (exact) mass is 619 g/mol. The number of rotatable bonds is 3. The van der Waals surface area contributed by atoms with E-state index < -0.39 is 0 Å². The molecular weight excluding hydrogens is 591 g/mol. The minimum atomic E-state index is -0.229. The first kappa shape index (κ1) is 26.6. The fraction of sp³-hybridized carbons (Fsp3) is 0.0698. The lowest BCUT2D eigenvalue weighted by atomic mass is 9.85. The van der Waals surface area contributed by atoms with Crippen molar-refractivity contribution in [2.75, 3.05) is 0 Å². The van der Waals surface area contributed by atoms with Crippen LogP contribution in [0.1, 0.15) is 25.1 Å². The van der Waals surface area contributed by atoms with Crippen LogP contribution in [-0.2, 0) is 5.41 Å². The average Bonchev–Trinajstić information content (AvgIpc) is 3.74. The second-order valence-electron chi connectivity index (χ2n) is 13.0. The Morgan fingerprint density at radius 3 is 2.13 bits per heavy atom. The van der Waals surface area contributed by atoms with E-state index in [1.165, 1.54) is 53.1 Å². The van der Waals surface area contributed by atoms with E-state index >= 15 is 0 Å². The van der Waals surface area contributed by atoms with E-state index in [9.17, 15) is 0 Å². The van der Waals surface area contributed by atoms with Crippen molar-refractivity contribution in [1.29, 1.82) is 0 Å². The van der Waals surface area contributed by atoms with Crippen molar-refractivity contribution in [3.63, 3.8) is 0 Å². The van der Waals surface area contributed by atoms with E-state index in [-0.39, 0.29) is 5.41 Å². The molecule has 0 radical (unpaired) electrons. The summed E-state index contributed by atoms with van der Waals surface area (Å²) < 4.78 is 5.05. The number of fused-ring (bicyclic) bond motifs is 10. The quantitative estimate of drug-likeness (QED) is 0.197. The molecule has 0 amide bonds. The summed E-state index contributed by atoms with van der Waals surface area (Å²) in [6, 6.07) is 50.2. The van der Waals surface area contributed by atoms with E-state index in [1.54, 1.807) is 0 Å². The largest absolute Gasteiger partial charge is 0.309 e. The van der Waals surface area contributed by atoms with Crippen LogP contribution >= 0.6 is 11.3 Å². The zero-order valence-corrected chi connectivity index (χ0v) is 26.8. The molecule has 0 saturated heterocycles. The van der Waals surface area contributed by atoms with Crippen LogP contribution in [0, 0.1) is 0 Å². The number of thiophene rings is 1. The molecule has 0 bridgehead atoms. The maximum atomic E-state index is 5.31. The fourth-order valence-electron chi connectivity index (χ4n) is 7.79. The zero-order valence-electron chi connectivity index (χ0n) is 26.0. The predicted octanol–water partition coefficient (Wildman–Crippen LogP) is 11.6. The highest BCUT2D eigenvalue weighted by atomic mass is 32.1. The molecule has 0 unspecified atom stereocenters. The lowest BCUT2D eigenvalue weighted by Crippen LogP contribution is -2.17. The molecule has 4 heteroatoms. The molecule has 0 fully saturated rings. The van der Waals surface area contributed by atoms with Gasteiger partial charge < -0.3 is 4.57 Å². The predicted molar refractivity (Wildman–Crippen MR) is 198 cm³/mol. The highest BCUT2D eigenvalue weighted by molar-refractivity contribution is 7.26. The third-order valence-corrected chi connectivity index (χ3v) is 11.1. The second kappa shape index (κ2) is 9.71. The van der Waals surface area contributed by atoms with Crippen LogP contribution in [-0.4, -0.2) is 14.5 Å². The van der Waals surface area contributed by atoms with E-state index in [2.05, 4.69) is 158 Å². The van der Waals surface area contributed by atoms with Gasteiger partial charge in [-0.15, -0.1) is 11.3 Å². The van der Waals surface area contributed by atoms with Gasteiger partial charge in [-0.05, 0) is 59.7 Å². The number of aromatic nitrogens is 3. The third kappa shape index (κ3) is 3.73. The molecule has 0 N–H and O–H groups in total. The van der Waals surface area contributed by atoms with Crippen LogP contribution in [0.4, 0.5) is 0 Å². The Hall–Kier alpha value is -5.58. The molecule has 3 heterocycles. The summed E-state index contributed by atoms with van der Waals surface area (Å²) in [5, 5.41) is 5.26. The molecule has 3 aromatic heterocycles. The van der Waals surface area contributed by atoms with Crippen LogP contribution in [0.15, 0.2) is 140 Å². The number of para-hydroxylation sites is 1. The summed E-state index contributed by atoms with van der Waals surface area (Å²) in [5.41, 5.74) is 11.2. The summed E-state index contributed by atoms with van der Waals surface area (Å²) in [6.07, 6.45) is 0. The highest BCUT2D eigenvalue weighted by Crippen LogP contribution is 2.51. The lowest BCUT2D eigenvalue weighted by molar-refractivity contribution is 0.636. The lowest BCUT2D eigenvalue weighted by Gasteiger charge is -2.21. The molecule has 222 valence electrons. The van der Waals surface area contributed by atoms with Crippen molar-refractivity contribution in [3.05, 3.63) is 151 Å². The molecule has 3 nitrogen and oxygen atoms in total. The smallest absolute Gasteiger partial charge is 0.160 e. The van der Waals surface area contributed by atoms with Gasteiger partial charge in [0.05, 0.1) is 22.4 Å². The van der Waals surface area contributed by atoms with E-state index in [4.69, 9.17) is 9.97 Å². The molecule has 47 heavy (non-hydrogen) atoms. The molecule has 1 aliphatic rings. The van der Waals surface area contributed by atoms with Gasteiger partial charge in [0, 0.05) is 58.7 Å². The molecule has 1 aliphatic carbocycles. The second-order valence-corrected chi connectivity index (χ2v) is 14.1. The molecular formula is C43H29N3S. The summed E-state index contributed by atoms with van der Waals surface area (Å²) in [7, 11) is 0. The van der Waals surface area contributed by atoms with Crippen LogP contribution in [0.2, 0.25) is 0 Å². The van der Waals surface area contributed by atoms with Gasteiger partial charge in [-0.1, -0.05) is 105 Å². The van der Waals surface area contributed by atoms with Crippen molar-refractivity contribution < 1.29 is 0 Å². The Balaban J connectivity index is 1.17.